The molecule has 2 N–H and O–H groups in total. The monoisotopic (exact) mass is 256 g/mol. The second-order valence-electron chi connectivity index (χ2n) is 4.20. The second kappa shape index (κ2) is 5.30. The maximum absolute atomic E-state index is 13.4. The van der Waals surface area contributed by atoms with Crippen LogP contribution in [0.2, 0.25) is 0 Å². The van der Waals surface area contributed by atoms with Gasteiger partial charge in [0.05, 0.1) is 12.3 Å². The number of anilines is 1. The Hall–Kier alpha value is -1.69. The number of carbonyl (C=O) groups excluding carboxylic acids is 1. The van der Waals surface area contributed by atoms with Gasteiger partial charge >= 0.3 is 6.03 Å². The molecule has 0 heterocycles. The molecule has 0 radical (unpaired) electrons. The number of rotatable bonds is 4. The quantitative estimate of drug-likeness (QED) is 0.865. The number of nitrogens with one attached hydrogen (secondary N) is 1. The van der Waals surface area contributed by atoms with Gasteiger partial charge in [0.15, 0.2) is 0 Å². The van der Waals surface area contributed by atoms with Crippen LogP contribution in [-0.4, -0.2) is 35.2 Å². The van der Waals surface area contributed by atoms with Crippen molar-refractivity contribution in [1.82, 2.24) is 4.90 Å². The third-order valence-electron chi connectivity index (χ3n) is 2.76. The van der Waals surface area contributed by atoms with Gasteiger partial charge in [-0.25, -0.2) is 13.6 Å². The van der Waals surface area contributed by atoms with Crippen LogP contribution in [0.1, 0.15) is 12.8 Å². The number of aliphatic hydroxyl groups excluding tert-OH is 1. The van der Waals surface area contributed by atoms with Crippen molar-refractivity contribution in [1.29, 1.82) is 0 Å². The Bertz CT molecular complexity index is 450. The first-order valence-electron chi connectivity index (χ1n) is 5.75. The number of urea groups is 1. The maximum Gasteiger partial charge on any atom is 0.322 e. The number of hydrogen-bond acceptors (Lipinski definition) is 2. The highest BCUT2D eigenvalue weighted by Crippen LogP contribution is 2.27. The Balaban J connectivity index is 2.05. The van der Waals surface area contributed by atoms with Gasteiger partial charge in [0.2, 0.25) is 0 Å². The summed E-state index contributed by atoms with van der Waals surface area (Å²) < 4.78 is 26.1. The molecule has 6 heteroatoms. The summed E-state index contributed by atoms with van der Waals surface area (Å²) >= 11 is 0. The zero-order chi connectivity index (χ0) is 13.1. The van der Waals surface area contributed by atoms with E-state index < -0.39 is 17.7 Å². The lowest BCUT2D eigenvalue weighted by atomic mass is 10.3. The van der Waals surface area contributed by atoms with Gasteiger partial charge in [-0.1, -0.05) is 0 Å². The fourth-order valence-corrected chi connectivity index (χ4v) is 1.72. The van der Waals surface area contributed by atoms with Gasteiger partial charge in [-0.05, 0) is 25.0 Å². The van der Waals surface area contributed by atoms with Crippen molar-refractivity contribution >= 4 is 11.7 Å². The summed E-state index contributed by atoms with van der Waals surface area (Å²) in [5, 5.41) is 11.3. The highest BCUT2D eigenvalue weighted by Gasteiger charge is 2.32. The largest absolute Gasteiger partial charge is 0.395 e. The van der Waals surface area contributed by atoms with Crippen molar-refractivity contribution in [2.75, 3.05) is 18.5 Å². The van der Waals surface area contributed by atoms with Crippen molar-refractivity contribution in [2.45, 2.75) is 18.9 Å². The predicted octanol–water partition coefficient (Wildman–Crippen LogP) is 1.95. The third kappa shape index (κ3) is 2.95. The molecular weight excluding hydrogens is 242 g/mol. The third-order valence-corrected chi connectivity index (χ3v) is 2.76. The van der Waals surface area contributed by atoms with E-state index in [-0.39, 0.29) is 24.9 Å². The van der Waals surface area contributed by atoms with Crippen molar-refractivity contribution in [2.24, 2.45) is 0 Å². The summed E-state index contributed by atoms with van der Waals surface area (Å²) in [5.74, 6) is -1.51. The van der Waals surface area contributed by atoms with E-state index in [1.54, 1.807) is 0 Å². The molecule has 0 unspecified atom stereocenters. The second-order valence-corrected chi connectivity index (χ2v) is 4.20. The zero-order valence-electron chi connectivity index (χ0n) is 9.70. The van der Waals surface area contributed by atoms with Crippen LogP contribution in [0.25, 0.3) is 0 Å². The molecule has 1 fully saturated rings. The van der Waals surface area contributed by atoms with Crippen LogP contribution in [0.4, 0.5) is 19.3 Å². The average molecular weight is 256 g/mol. The molecule has 0 aliphatic heterocycles. The molecule has 1 aliphatic rings. The Morgan fingerprint density at radius 3 is 2.72 bits per heavy atom. The topological polar surface area (TPSA) is 52.6 Å². The molecule has 0 saturated heterocycles. The molecule has 1 aliphatic carbocycles. The van der Waals surface area contributed by atoms with Crippen LogP contribution < -0.4 is 5.32 Å². The summed E-state index contributed by atoms with van der Waals surface area (Å²) in [6.07, 6.45) is 1.78. The number of carbonyl (C=O) groups is 1. The predicted molar refractivity (Wildman–Crippen MR) is 62.2 cm³/mol. The number of halogens is 2. The Labute approximate surface area is 103 Å². The Morgan fingerprint density at radius 2 is 2.17 bits per heavy atom. The maximum atomic E-state index is 13.4. The van der Waals surface area contributed by atoms with Crippen LogP contribution in [0.5, 0.6) is 0 Å². The number of benzene rings is 1. The first-order valence-corrected chi connectivity index (χ1v) is 5.75. The number of amides is 2. The molecule has 98 valence electrons. The molecule has 4 nitrogen and oxygen atoms in total. The van der Waals surface area contributed by atoms with E-state index in [1.807, 2.05) is 0 Å². The number of nitrogens with zero attached hydrogens (tertiary/aromatic N) is 1. The summed E-state index contributed by atoms with van der Waals surface area (Å²) in [6, 6.07) is 2.60. The van der Waals surface area contributed by atoms with E-state index in [9.17, 15) is 13.6 Å². The minimum Gasteiger partial charge on any atom is -0.395 e. The molecule has 1 saturated carbocycles. The molecular formula is C12H14F2N2O2. The fourth-order valence-electron chi connectivity index (χ4n) is 1.72. The van der Waals surface area contributed by atoms with Crippen LogP contribution in [0.3, 0.4) is 0 Å². The number of hydrogen-bond donors (Lipinski definition) is 2. The molecule has 0 atom stereocenters. The van der Waals surface area contributed by atoms with Crippen LogP contribution >= 0.6 is 0 Å². The van der Waals surface area contributed by atoms with Gasteiger partial charge in [0, 0.05) is 18.7 Å². The minimum absolute atomic E-state index is 0.0648. The molecule has 1 aromatic rings. The van der Waals surface area contributed by atoms with Crippen molar-refractivity contribution in [3.63, 3.8) is 0 Å². The lowest BCUT2D eigenvalue weighted by Gasteiger charge is -2.21. The van der Waals surface area contributed by atoms with Crippen molar-refractivity contribution in [3.8, 4) is 0 Å². The molecule has 2 amide bonds. The average Bonchev–Trinajstić information content (AvgIpc) is 3.13. The Morgan fingerprint density at radius 1 is 1.44 bits per heavy atom. The van der Waals surface area contributed by atoms with E-state index in [2.05, 4.69) is 5.32 Å². The summed E-state index contributed by atoms with van der Waals surface area (Å²) in [5.41, 5.74) is -0.0648. The van der Waals surface area contributed by atoms with Gasteiger partial charge in [0.1, 0.15) is 11.6 Å². The summed E-state index contributed by atoms with van der Waals surface area (Å²) in [7, 11) is 0. The first kappa shape index (κ1) is 12.8. The van der Waals surface area contributed by atoms with E-state index in [0.29, 0.717) is 6.07 Å². The van der Waals surface area contributed by atoms with E-state index >= 15 is 0 Å². The van der Waals surface area contributed by atoms with Crippen molar-refractivity contribution < 1.29 is 18.7 Å². The smallest absolute Gasteiger partial charge is 0.322 e. The van der Waals surface area contributed by atoms with Gasteiger partial charge in [-0.3, -0.25) is 0 Å². The lowest BCUT2D eigenvalue weighted by Crippen LogP contribution is -2.38. The van der Waals surface area contributed by atoms with Gasteiger partial charge < -0.3 is 15.3 Å². The molecule has 0 spiro atoms. The van der Waals surface area contributed by atoms with E-state index in [4.69, 9.17) is 5.11 Å². The van der Waals surface area contributed by atoms with Gasteiger partial charge in [-0.2, -0.15) is 0 Å². The highest BCUT2D eigenvalue weighted by atomic mass is 19.1. The SMILES string of the molecule is O=C(Nc1ccc(F)cc1F)N(CCO)C1CC1. The summed E-state index contributed by atoms with van der Waals surface area (Å²) in [4.78, 5) is 13.3. The van der Waals surface area contributed by atoms with Gasteiger partial charge in [0.25, 0.3) is 0 Å². The molecule has 0 aromatic heterocycles. The van der Waals surface area contributed by atoms with Crippen LogP contribution in [-0.2, 0) is 0 Å². The number of aliphatic hydroxyl groups is 1. The van der Waals surface area contributed by atoms with Crippen LogP contribution in [0, 0.1) is 11.6 Å². The van der Waals surface area contributed by atoms with E-state index in [0.717, 1.165) is 18.9 Å². The molecule has 0 bridgehead atoms. The first-order chi connectivity index (χ1) is 8.61. The standard InChI is InChI=1S/C12H14F2N2O2/c13-8-1-4-11(10(14)7-8)15-12(18)16(5-6-17)9-2-3-9/h1,4,7,9,17H,2-3,5-6H2,(H,15,18). The van der Waals surface area contributed by atoms with Gasteiger partial charge in [-0.15, -0.1) is 0 Å². The summed E-state index contributed by atoms with van der Waals surface area (Å²) in [6.45, 7) is 0.0646. The molecule has 1 aromatic carbocycles. The normalized spacial score (nSPS) is 14.4. The molecule has 2 rings (SSSR count). The van der Waals surface area contributed by atoms with Crippen LogP contribution in [0.15, 0.2) is 18.2 Å². The van der Waals surface area contributed by atoms with Crippen molar-refractivity contribution in [3.05, 3.63) is 29.8 Å². The minimum atomic E-state index is -0.817. The Kier molecular flexibility index (Phi) is 3.76. The lowest BCUT2D eigenvalue weighted by molar-refractivity contribution is 0.185. The fraction of sp³-hybridized carbons (Fsp3) is 0.417. The molecule has 18 heavy (non-hydrogen) atoms. The van der Waals surface area contributed by atoms with E-state index in [1.165, 1.54) is 11.0 Å². The highest BCUT2D eigenvalue weighted by molar-refractivity contribution is 5.89. The zero-order valence-corrected chi connectivity index (χ0v) is 9.70.